The van der Waals surface area contributed by atoms with Crippen molar-refractivity contribution in [1.82, 2.24) is 19.7 Å². The summed E-state index contributed by atoms with van der Waals surface area (Å²) in [4.78, 5) is 31.3. The largest absolute Gasteiger partial charge is 0.364 e. The fourth-order valence-corrected chi connectivity index (χ4v) is 3.72. The molecule has 0 atom stereocenters. The number of rotatable bonds is 6. The van der Waals surface area contributed by atoms with Crippen molar-refractivity contribution in [2.75, 3.05) is 5.32 Å². The third-order valence-corrected chi connectivity index (χ3v) is 5.18. The Bertz CT molecular complexity index is 1170. The number of nitrogens with one attached hydrogen (secondary N) is 2. The number of carbonyl (C=O) groups excluding carboxylic acids is 2. The molecule has 0 radical (unpaired) electrons. The molecule has 3 aromatic heterocycles. The number of amides is 2. The van der Waals surface area contributed by atoms with Gasteiger partial charge in [0, 0.05) is 17.1 Å². The molecule has 0 aliphatic heterocycles. The maximum Gasteiger partial charge on any atom is 0.265 e. The number of H-pyrrole nitrogens is 1. The van der Waals surface area contributed by atoms with Crippen LogP contribution in [-0.4, -0.2) is 31.6 Å². The van der Waals surface area contributed by atoms with Gasteiger partial charge in [-0.15, -0.1) is 11.3 Å². The normalized spacial score (nSPS) is 10.8. The lowest BCUT2D eigenvalue weighted by atomic mass is 10.2. The van der Waals surface area contributed by atoms with E-state index in [4.69, 9.17) is 5.73 Å². The highest BCUT2D eigenvalue weighted by Gasteiger charge is 2.19. The number of carbonyl (C=O) groups is 2. The molecule has 2 amide bonds. The lowest BCUT2D eigenvalue weighted by Crippen LogP contribution is -2.14. The van der Waals surface area contributed by atoms with Gasteiger partial charge in [0.1, 0.15) is 5.69 Å². The fraction of sp³-hybridized carbons (Fsp3) is 0.100. The average Bonchev–Trinajstić information content (AvgIpc) is 3.46. The summed E-state index contributed by atoms with van der Waals surface area (Å²) < 4.78 is 1.77. The second-order valence-corrected chi connectivity index (χ2v) is 7.12. The summed E-state index contributed by atoms with van der Waals surface area (Å²) in [5.74, 6) is -0.806. The van der Waals surface area contributed by atoms with Crippen LogP contribution in [0.3, 0.4) is 0 Å². The van der Waals surface area contributed by atoms with Gasteiger partial charge in [-0.1, -0.05) is 25.1 Å². The number of anilines is 1. The van der Waals surface area contributed by atoms with Crippen LogP contribution in [0.25, 0.3) is 16.9 Å². The molecule has 4 aromatic rings. The first-order valence-corrected chi connectivity index (χ1v) is 9.82. The van der Waals surface area contributed by atoms with Crippen LogP contribution < -0.4 is 11.1 Å². The molecule has 0 aliphatic carbocycles. The van der Waals surface area contributed by atoms with E-state index in [9.17, 15) is 9.59 Å². The molecular formula is C20H18N6O2S. The van der Waals surface area contributed by atoms with Crippen LogP contribution in [0, 0.1) is 0 Å². The van der Waals surface area contributed by atoms with E-state index in [-0.39, 0.29) is 5.91 Å². The number of para-hydroxylation sites is 1. The van der Waals surface area contributed by atoms with E-state index >= 15 is 0 Å². The Labute approximate surface area is 170 Å². The SMILES string of the molecule is CCc1c(C(=O)Nc2nc(-c3c[nH]c(C(N)=O)c3)cs2)cnn1-c1ccccc1. The second-order valence-electron chi connectivity index (χ2n) is 6.26. The minimum atomic E-state index is -0.539. The Kier molecular flexibility index (Phi) is 4.96. The summed E-state index contributed by atoms with van der Waals surface area (Å²) in [5, 5.41) is 9.48. The van der Waals surface area contributed by atoms with Gasteiger partial charge in [-0.25, -0.2) is 9.67 Å². The van der Waals surface area contributed by atoms with Crippen LogP contribution in [0.2, 0.25) is 0 Å². The molecule has 0 saturated heterocycles. The van der Waals surface area contributed by atoms with Crippen LogP contribution in [-0.2, 0) is 6.42 Å². The summed E-state index contributed by atoms with van der Waals surface area (Å²) in [6.45, 7) is 1.98. The molecule has 4 N–H and O–H groups in total. The molecule has 8 nitrogen and oxygen atoms in total. The second kappa shape index (κ2) is 7.72. The molecule has 0 saturated carbocycles. The molecule has 0 aliphatic rings. The zero-order valence-electron chi connectivity index (χ0n) is 15.5. The average molecular weight is 406 g/mol. The highest BCUT2D eigenvalue weighted by molar-refractivity contribution is 7.14. The van der Waals surface area contributed by atoms with Gasteiger partial charge in [-0.3, -0.25) is 14.9 Å². The van der Waals surface area contributed by atoms with Crippen LogP contribution in [0.15, 0.2) is 54.2 Å². The smallest absolute Gasteiger partial charge is 0.265 e. The summed E-state index contributed by atoms with van der Waals surface area (Å²) in [7, 11) is 0. The summed E-state index contributed by atoms with van der Waals surface area (Å²) >= 11 is 1.30. The molecule has 0 spiro atoms. The van der Waals surface area contributed by atoms with Gasteiger partial charge in [0.2, 0.25) is 0 Å². The molecule has 0 unspecified atom stereocenters. The number of benzene rings is 1. The third kappa shape index (κ3) is 3.67. The van der Waals surface area contributed by atoms with E-state index in [0.717, 1.165) is 16.9 Å². The van der Waals surface area contributed by atoms with Crippen molar-refractivity contribution in [3.8, 4) is 16.9 Å². The number of hydrogen-bond acceptors (Lipinski definition) is 5. The number of primary amides is 1. The van der Waals surface area contributed by atoms with Crippen LogP contribution in [0.5, 0.6) is 0 Å². The highest BCUT2D eigenvalue weighted by atomic mass is 32.1. The number of aromatic nitrogens is 4. The van der Waals surface area contributed by atoms with Gasteiger partial charge in [0.05, 0.1) is 28.8 Å². The van der Waals surface area contributed by atoms with Crippen molar-refractivity contribution in [2.45, 2.75) is 13.3 Å². The zero-order valence-corrected chi connectivity index (χ0v) is 16.4. The van der Waals surface area contributed by atoms with Gasteiger partial charge >= 0.3 is 0 Å². The molecule has 1 aromatic carbocycles. The van der Waals surface area contributed by atoms with Gasteiger partial charge < -0.3 is 10.7 Å². The van der Waals surface area contributed by atoms with Gasteiger partial charge in [-0.05, 0) is 24.6 Å². The van der Waals surface area contributed by atoms with Gasteiger partial charge in [-0.2, -0.15) is 5.10 Å². The highest BCUT2D eigenvalue weighted by Crippen LogP contribution is 2.26. The Hall–Kier alpha value is -3.72. The molecule has 3 heterocycles. The Balaban J connectivity index is 1.55. The summed E-state index contributed by atoms with van der Waals surface area (Å²) in [6.07, 6.45) is 3.88. The Morgan fingerprint density at radius 1 is 1.28 bits per heavy atom. The van der Waals surface area contributed by atoms with Crippen LogP contribution in [0.4, 0.5) is 5.13 Å². The minimum Gasteiger partial charge on any atom is -0.364 e. The molecule has 0 fully saturated rings. The van der Waals surface area contributed by atoms with E-state index in [2.05, 4.69) is 20.4 Å². The third-order valence-electron chi connectivity index (χ3n) is 4.42. The van der Waals surface area contributed by atoms with E-state index in [1.807, 2.05) is 37.3 Å². The molecular weight excluding hydrogens is 388 g/mol. The quantitative estimate of drug-likeness (QED) is 0.455. The first-order chi connectivity index (χ1) is 14.1. The number of thiazole rings is 1. The molecule has 29 heavy (non-hydrogen) atoms. The zero-order chi connectivity index (χ0) is 20.4. The molecule has 0 bridgehead atoms. The number of aromatic amines is 1. The minimum absolute atomic E-state index is 0.267. The Morgan fingerprint density at radius 3 is 2.76 bits per heavy atom. The molecule has 4 rings (SSSR count). The van der Waals surface area contributed by atoms with Crippen molar-refractivity contribution in [2.24, 2.45) is 5.73 Å². The molecule has 9 heteroatoms. The fourth-order valence-electron chi connectivity index (χ4n) is 3.01. The van der Waals surface area contributed by atoms with Gasteiger partial charge in [0.25, 0.3) is 11.8 Å². The summed E-state index contributed by atoms with van der Waals surface area (Å²) in [5.41, 5.74) is 9.16. The number of nitrogens with zero attached hydrogens (tertiary/aromatic N) is 3. The topological polar surface area (TPSA) is 119 Å². The first kappa shape index (κ1) is 18.6. The monoisotopic (exact) mass is 406 g/mol. The van der Waals surface area contributed by atoms with Crippen LogP contribution in [0.1, 0.15) is 33.5 Å². The van der Waals surface area contributed by atoms with Crippen molar-refractivity contribution in [1.29, 1.82) is 0 Å². The lowest BCUT2D eigenvalue weighted by molar-refractivity contribution is 0.0993. The van der Waals surface area contributed by atoms with Crippen LogP contribution >= 0.6 is 11.3 Å². The maximum absolute atomic E-state index is 12.8. The Morgan fingerprint density at radius 2 is 2.07 bits per heavy atom. The van der Waals surface area contributed by atoms with Crippen molar-refractivity contribution < 1.29 is 9.59 Å². The summed E-state index contributed by atoms with van der Waals surface area (Å²) in [6, 6.07) is 11.3. The van der Waals surface area contributed by atoms with E-state index in [0.29, 0.717) is 28.5 Å². The maximum atomic E-state index is 12.8. The van der Waals surface area contributed by atoms with E-state index < -0.39 is 5.91 Å². The van der Waals surface area contributed by atoms with Crippen molar-refractivity contribution in [3.05, 3.63) is 71.1 Å². The number of hydrogen-bond donors (Lipinski definition) is 3. The van der Waals surface area contributed by atoms with Crippen molar-refractivity contribution in [3.63, 3.8) is 0 Å². The van der Waals surface area contributed by atoms with Crippen molar-refractivity contribution >= 4 is 28.3 Å². The first-order valence-electron chi connectivity index (χ1n) is 8.94. The molecule has 146 valence electrons. The predicted octanol–water partition coefficient (Wildman–Crippen LogP) is 3.24. The predicted molar refractivity (Wildman–Crippen MR) is 111 cm³/mol. The van der Waals surface area contributed by atoms with E-state index in [1.165, 1.54) is 11.3 Å². The lowest BCUT2D eigenvalue weighted by Gasteiger charge is -2.07. The van der Waals surface area contributed by atoms with E-state index in [1.54, 1.807) is 28.5 Å². The number of nitrogens with two attached hydrogens (primary N) is 1. The van der Waals surface area contributed by atoms with Gasteiger partial charge in [0.15, 0.2) is 5.13 Å². The standard InChI is InChI=1S/C20H18N6O2S/c1-2-17-14(10-23-26(17)13-6-4-3-5-7-13)19(28)25-20-24-16(11-29-20)12-8-15(18(21)27)22-9-12/h3-11,22H,2H2,1H3,(H2,21,27)(H,24,25,28).